The molecule has 30 heavy (non-hydrogen) atoms. The summed E-state index contributed by atoms with van der Waals surface area (Å²) < 4.78 is 4.75. The van der Waals surface area contributed by atoms with Crippen LogP contribution in [0.25, 0.3) is 6.08 Å². The van der Waals surface area contributed by atoms with Crippen LogP contribution in [0.2, 0.25) is 0 Å². The molecule has 1 N–H and O–H groups in total. The van der Waals surface area contributed by atoms with Gasteiger partial charge in [0.05, 0.1) is 36.9 Å². The summed E-state index contributed by atoms with van der Waals surface area (Å²) in [7, 11) is 1.31. The van der Waals surface area contributed by atoms with E-state index < -0.39 is 29.4 Å². The van der Waals surface area contributed by atoms with Crippen LogP contribution in [0.5, 0.6) is 0 Å². The van der Waals surface area contributed by atoms with Gasteiger partial charge in [-0.25, -0.2) is 4.79 Å². The van der Waals surface area contributed by atoms with Crippen molar-refractivity contribution in [2.45, 2.75) is 24.9 Å². The molecule has 0 aromatic heterocycles. The first-order valence-electron chi connectivity index (χ1n) is 9.63. The number of methoxy groups -OCH3 is 1. The number of hydrogen-bond donors (Lipinski definition) is 1. The Morgan fingerprint density at radius 1 is 1.07 bits per heavy atom. The summed E-state index contributed by atoms with van der Waals surface area (Å²) in [6.45, 7) is 1.50. The summed E-state index contributed by atoms with van der Waals surface area (Å²) in [6, 6.07) is 17.8. The van der Waals surface area contributed by atoms with Crippen LogP contribution < -0.4 is 4.90 Å². The molecule has 1 fully saturated rings. The van der Waals surface area contributed by atoms with Gasteiger partial charge in [-0.15, -0.1) is 0 Å². The van der Waals surface area contributed by atoms with Gasteiger partial charge in [0.15, 0.2) is 17.9 Å². The second kappa shape index (κ2) is 7.26. The number of fused-ring (bicyclic) bond motifs is 3. The van der Waals surface area contributed by atoms with E-state index in [0.29, 0.717) is 11.1 Å². The SMILES string of the molecule is COC(=O)c1ccc([C@H]2[C@H](C(C)=O)[NH+]3C=Cc4ccccc4[C@@H]3C2(C#N)C#N)cc1. The Morgan fingerprint density at radius 2 is 1.73 bits per heavy atom. The molecule has 0 spiro atoms. The van der Waals surface area contributed by atoms with Crippen LogP contribution in [0, 0.1) is 28.1 Å². The Balaban J connectivity index is 1.92. The van der Waals surface area contributed by atoms with Crippen LogP contribution in [0.4, 0.5) is 0 Å². The lowest BCUT2D eigenvalue weighted by atomic mass is 9.67. The van der Waals surface area contributed by atoms with Gasteiger partial charge < -0.3 is 4.74 Å². The van der Waals surface area contributed by atoms with Crippen LogP contribution in [-0.4, -0.2) is 24.9 Å². The van der Waals surface area contributed by atoms with E-state index in [9.17, 15) is 20.1 Å². The number of nitriles is 2. The number of ether oxygens (including phenoxy) is 1. The van der Waals surface area contributed by atoms with E-state index in [2.05, 4.69) is 12.1 Å². The minimum Gasteiger partial charge on any atom is -0.465 e. The molecule has 0 radical (unpaired) electrons. The Hall–Kier alpha value is -3.74. The van der Waals surface area contributed by atoms with Gasteiger partial charge in [0.25, 0.3) is 0 Å². The van der Waals surface area contributed by atoms with E-state index in [1.165, 1.54) is 14.0 Å². The van der Waals surface area contributed by atoms with Crippen molar-refractivity contribution in [2.24, 2.45) is 5.41 Å². The third kappa shape index (κ3) is 2.66. The molecule has 0 aliphatic carbocycles. The topological polar surface area (TPSA) is 95.4 Å². The number of esters is 1. The zero-order valence-corrected chi connectivity index (χ0v) is 16.6. The predicted molar refractivity (Wildman–Crippen MR) is 108 cm³/mol. The number of rotatable bonds is 3. The van der Waals surface area contributed by atoms with Gasteiger partial charge in [-0.2, -0.15) is 10.5 Å². The fraction of sp³-hybridized carbons (Fsp3) is 0.250. The maximum Gasteiger partial charge on any atom is 0.337 e. The molecule has 6 heteroatoms. The molecule has 1 saturated heterocycles. The number of nitrogens with one attached hydrogen (secondary N) is 1. The lowest BCUT2D eigenvalue weighted by molar-refractivity contribution is -0.885. The van der Waals surface area contributed by atoms with Crippen molar-refractivity contribution < 1.29 is 19.2 Å². The van der Waals surface area contributed by atoms with Gasteiger partial charge in [0.2, 0.25) is 5.41 Å². The Bertz CT molecular complexity index is 1120. The van der Waals surface area contributed by atoms with Gasteiger partial charge >= 0.3 is 5.97 Å². The van der Waals surface area contributed by atoms with Crippen molar-refractivity contribution >= 4 is 17.8 Å². The Labute approximate surface area is 174 Å². The highest BCUT2D eigenvalue weighted by atomic mass is 16.5. The highest BCUT2D eigenvalue weighted by Gasteiger charge is 2.67. The van der Waals surface area contributed by atoms with Crippen molar-refractivity contribution in [3.8, 4) is 12.1 Å². The second-order valence-corrected chi connectivity index (χ2v) is 7.67. The maximum absolute atomic E-state index is 12.8. The maximum atomic E-state index is 12.8. The van der Waals surface area contributed by atoms with E-state index >= 15 is 0 Å². The summed E-state index contributed by atoms with van der Waals surface area (Å²) in [6.07, 6.45) is 3.84. The van der Waals surface area contributed by atoms with E-state index in [1.54, 1.807) is 24.3 Å². The Kier molecular flexibility index (Phi) is 4.73. The molecule has 0 amide bonds. The van der Waals surface area contributed by atoms with E-state index in [-0.39, 0.29) is 5.78 Å². The third-order valence-electron chi connectivity index (χ3n) is 6.23. The van der Waals surface area contributed by atoms with Crippen molar-refractivity contribution in [3.63, 3.8) is 0 Å². The molecule has 2 aliphatic heterocycles. The zero-order valence-electron chi connectivity index (χ0n) is 16.6. The van der Waals surface area contributed by atoms with Crippen LogP contribution in [0.1, 0.15) is 45.9 Å². The number of benzene rings is 2. The van der Waals surface area contributed by atoms with E-state index in [0.717, 1.165) is 16.0 Å². The first-order valence-corrected chi connectivity index (χ1v) is 9.63. The summed E-state index contributed by atoms with van der Waals surface area (Å²) in [4.78, 5) is 25.4. The van der Waals surface area contributed by atoms with Crippen LogP contribution >= 0.6 is 0 Å². The average molecular weight is 398 g/mol. The molecule has 2 heterocycles. The molecule has 1 unspecified atom stereocenters. The van der Waals surface area contributed by atoms with Crippen LogP contribution in [0.15, 0.2) is 54.7 Å². The molecule has 0 bridgehead atoms. The van der Waals surface area contributed by atoms with Crippen molar-refractivity contribution in [2.75, 3.05) is 7.11 Å². The minimum atomic E-state index is -1.45. The number of nitrogens with zero attached hydrogens (tertiary/aromatic N) is 2. The molecule has 4 rings (SSSR count). The number of quaternary nitrogens is 1. The molecule has 0 saturated carbocycles. The molecule has 4 atom stereocenters. The highest BCUT2D eigenvalue weighted by Crippen LogP contribution is 2.51. The standard InChI is InChI=1S/C24H19N3O3/c1-15(28)21-20(17-7-9-18(10-8-17)23(29)30-2)24(13-25,14-26)22-19-6-4-3-5-16(19)11-12-27(21)22/h3-12,20-22H,1-2H3/p+1/t20-,21-,22+/m0/s1. The average Bonchev–Trinajstić information content (AvgIpc) is 3.10. The number of carbonyl (C=O) groups excluding carboxylic acids is 2. The number of carbonyl (C=O) groups is 2. The quantitative estimate of drug-likeness (QED) is 0.800. The fourth-order valence-corrected chi connectivity index (χ4v) is 4.98. The lowest BCUT2D eigenvalue weighted by Gasteiger charge is -2.29. The van der Waals surface area contributed by atoms with Crippen molar-refractivity contribution in [3.05, 3.63) is 77.0 Å². The van der Waals surface area contributed by atoms with Gasteiger partial charge in [0.1, 0.15) is 0 Å². The number of hydrogen-bond acceptors (Lipinski definition) is 5. The predicted octanol–water partition coefficient (Wildman–Crippen LogP) is 2.17. The first-order chi connectivity index (χ1) is 14.5. The molecule has 2 aromatic rings. The Morgan fingerprint density at radius 3 is 2.33 bits per heavy atom. The van der Waals surface area contributed by atoms with Gasteiger partial charge in [0, 0.05) is 12.5 Å². The molecular formula is C24H20N3O3+. The second-order valence-electron chi connectivity index (χ2n) is 7.67. The number of Topliss-reactive ketones (excluding diaryl/α,β-unsaturated/α-hetero) is 1. The molecular weight excluding hydrogens is 378 g/mol. The van der Waals surface area contributed by atoms with Gasteiger partial charge in [-0.3, -0.25) is 9.69 Å². The normalized spacial score (nSPS) is 25.3. The van der Waals surface area contributed by atoms with Crippen LogP contribution in [-0.2, 0) is 9.53 Å². The van der Waals surface area contributed by atoms with Crippen molar-refractivity contribution in [1.82, 2.24) is 0 Å². The number of ketones is 1. The zero-order chi connectivity index (χ0) is 21.5. The van der Waals surface area contributed by atoms with Crippen molar-refractivity contribution in [1.29, 1.82) is 10.5 Å². The third-order valence-corrected chi connectivity index (χ3v) is 6.23. The monoisotopic (exact) mass is 398 g/mol. The van der Waals surface area contributed by atoms with Gasteiger partial charge in [-0.1, -0.05) is 36.4 Å². The summed E-state index contributed by atoms with van der Waals surface area (Å²) in [5.74, 6) is -1.20. The molecule has 148 valence electrons. The largest absolute Gasteiger partial charge is 0.465 e. The molecule has 2 aliphatic rings. The fourth-order valence-electron chi connectivity index (χ4n) is 4.98. The lowest BCUT2D eigenvalue weighted by Crippen LogP contribution is -3.11. The van der Waals surface area contributed by atoms with E-state index in [1.807, 2.05) is 36.5 Å². The highest BCUT2D eigenvalue weighted by molar-refractivity contribution is 5.89. The van der Waals surface area contributed by atoms with Gasteiger partial charge in [-0.05, 0) is 29.3 Å². The summed E-state index contributed by atoms with van der Waals surface area (Å²) in [5, 5.41) is 20.6. The smallest absolute Gasteiger partial charge is 0.337 e. The summed E-state index contributed by atoms with van der Waals surface area (Å²) >= 11 is 0. The molecule has 6 nitrogen and oxygen atoms in total. The van der Waals surface area contributed by atoms with E-state index in [4.69, 9.17) is 4.74 Å². The van der Waals surface area contributed by atoms with Crippen LogP contribution in [0.3, 0.4) is 0 Å². The minimum absolute atomic E-state index is 0.0894. The molecule has 2 aromatic carbocycles. The summed E-state index contributed by atoms with van der Waals surface area (Å²) in [5.41, 5.74) is 1.44. The first kappa shape index (κ1) is 19.6.